The number of aromatic nitrogens is 2. The first-order valence-electron chi connectivity index (χ1n) is 14.2. The molecular weight excluding hydrogens is 553 g/mol. The number of pyridine rings is 1. The van der Waals surface area contributed by atoms with Crippen LogP contribution in [0.4, 0.5) is 15.8 Å². The van der Waals surface area contributed by atoms with Crippen LogP contribution in [-0.2, 0) is 0 Å². The van der Waals surface area contributed by atoms with Crippen molar-refractivity contribution in [2.75, 3.05) is 22.9 Å². The lowest BCUT2D eigenvalue weighted by molar-refractivity contribution is 0.357. The minimum atomic E-state index is -0.261. The van der Waals surface area contributed by atoms with E-state index >= 15 is 0 Å². The highest BCUT2D eigenvalue weighted by atomic mass is 35.5. The molecule has 5 nitrogen and oxygen atoms in total. The van der Waals surface area contributed by atoms with Crippen LogP contribution < -0.4 is 15.1 Å². The molecule has 4 atom stereocenters. The van der Waals surface area contributed by atoms with Gasteiger partial charge >= 0.3 is 0 Å². The first-order chi connectivity index (χ1) is 19.7. The molecule has 4 unspecified atom stereocenters. The molecule has 0 saturated carbocycles. The Hall–Kier alpha value is -3.42. The first-order valence-corrected chi connectivity index (χ1v) is 15.0. The number of nitrogens with zero attached hydrogens (tertiary/aromatic N) is 4. The molecule has 2 aromatic carbocycles. The molecule has 4 aromatic rings. The molecule has 2 saturated heterocycles. The molecule has 2 aliphatic heterocycles. The summed E-state index contributed by atoms with van der Waals surface area (Å²) in [6.45, 7) is 10.7. The molecule has 1 N–H and O–H groups in total. The zero-order valence-corrected chi connectivity index (χ0v) is 25.4. The number of hydrogen-bond acceptors (Lipinski definition) is 3. The Kier molecular flexibility index (Phi) is 7.51. The van der Waals surface area contributed by atoms with Crippen LogP contribution in [-0.4, -0.2) is 27.8 Å². The van der Waals surface area contributed by atoms with Crippen molar-refractivity contribution in [2.45, 2.75) is 46.2 Å². The number of aryl methyl sites for hydroxylation is 1. The van der Waals surface area contributed by atoms with E-state index in [1.807, 2.05) is 54.8 Å². The van der Waals surface area contributed by atoms with E-state index in [-0.39, 0.29) is 17.9 Å². The van der Waals surface area contributed by atoms with E-state index in [2.05, 4.69) is 52.1 Å². The topological polar surface area (TPSA) is 36.3 Å². The SMILES string of the molecule is Cc1cc(C2C(c3ccccn3)NC(=S)N2c2ccc(N3CC(C)CC(C)C3)c(Cl)c2)c(C)n1-c1ccccc1F. The summed E-state index contributed by atoms with van der Waals surface area (Å²) in [5.41, 5.74) is 6.33. The van der Waals surface area contributed by atoms with Crippen LogP contribution >= 0.6 is 23.8 Å². The van der Waals surface area contributed by atoms with E-state index in [0.717, 1.165) is 47.1 Å². The number of halogens is 2. The van der Waals surface area contributed by atoms with E-state index in [1.54, 1.807) is 12.3 Å². The molecule has 8 heteroatoms. The van der Waals surface area contributed by atoms with Crippen LogP contribution in [0.1, 0.15) is 55.0 Å². The highest BCUT2D eigenvalue weighted by Gasteiger charge is 2.42. The molecule has 0 amide bonds. The van der Waals surface area contributed by atoms with E-state index in [4.69, 9.17) is 23.8 Å². The predicted octanol–water partition coefficient (Wildman–Crippen LogP) is 7.94. The first kappa shape index (κ1) is 27.7. The van der Waals surface area contributed by atoms with Gasteiger partial charge in [0.05, 0.1) is 34.2 Å². The summed E-state index contributed by atoms with van der Waals surface area (Å²) in [4.78, 5) is 9.23. The van der Waals surface area contributed by atoms with Gasteiger partial charge < -0.3 is 19.7 Å². The van der Waals surface area contributed by atoms with Gasteiger partial charge in [-0.05, 0) is 98.4 Å². The molecule has 212 valence electrons. The molecule has 4 heterocycles. The van der Waals surface area contributed by atoms with Crippen LogP contribution in [0.2, 0.25) is 5.02 Å². The molecule has 0 bridgehead atoms. The van der Waals surface area contributed by atoms with Gasteiger partial charge in [-0.3, -0.25) is 4.98 Å². The molecule has 6 rings (SSSR count). The molecule has 2 aliphatic rings. The fraction of sp³-hybridized carbons (Fsp3) is 0.333. The summed E-state index contributed by atoms with van der Waals surface area (Å²) in [7, 11) is 0. The van der Waals surface area contributed by atoms with Crippen LogP contribution in [0.5, 0.6) is 0 Å². The third-order valence-corrected chi connectivity index (χ3v) is 9.02. The maximum Gasteiger partial charge on any atom is 0.174 e. The fourth-order valence-electron chi connectivity index (χ4n) is 6.80. The average molecular weight is 588 g/mol. The van der Waals surface area contributed by atoms with Gasteiger partial charge in [0, 0.05) is 36.4 Å². The Morgan fingerprint density at radius 1 is 0.951 bits per heavy atom. The summed E-state index contributed by atoms with van der Waals surface area (Å²) >= 11 is 13.0. The van der Waals surface area contributed by atoms with E-state index in [0.29, 0.717) is 27.7 Å². The van der Waals surface area contributed by atoms with Gasteiger partial charge in [-0.1, -0.05) is 43.6 Å². The normalized spacial score (nSPS) is 22.7. The lowest BCUT2D eigenvalue weighted by Crippen LogP contribution is -2.38. The largest absolute Gasteiger partial charge is 0.370 e. The van der Waals surface area contributed by atoms with Crippen molar-refractivity contribution in [2.24, 2.45) is 11.8 Å². The summed E-state index contributed by atoms with van der Waals surface area (Å²) in [5.74, 6) is 0.985. The lowest BCUT2D eigenvalue weighted by Gasteiger charge is -2.37. The van der Waals surface area contributed by atoms with Crippen LogP contribution in [0, 0.1) is 31.5 Å². The maximum absolute atomic E-state index is 15.0. The third kappa shape index (κ3) is 5.10. The van der Waals surface area contributed by atoms with Crippen LogP contribution in [0.3, 0.4) is 0 Å². The van der Waals surface area contributed by atoms with Crippen molar-refractivity contribution in [3.63, 3.8) is 0 Å². The summed E-state index contributed by atoms with van der Waals surface area (Å²) < 4.78 is 16.9. The molecule has 0 radical (unpaired) electrons. The minimum absolute atomic E-state index is 0.208. The second-order valence-electron chi connectivity index (χ2n) is 11.6. The van der Waals surface area contributed by atoms with E-state index in [1.165, 1.54) is 12.5 Å². The van der Waals surface area contributed by atoms with Crippen molar-refractivity contribution >= 4 is 40.3 Å². The zero-order chi connectivity index (χ0) is 28.8. The second kappa shape index (κ2) is 11.1. The highest BCUT2D eigenvalue weighted by molar-refractivity contribution is 7.80. The molecule has 41 heavy (non-hydrogen) atoms. The number of rotatable bonds is 5. The fourth-order valence-corrected chi connectivity index (χ4v) is 7.44. The standard InChI is InChI=1S/C33H35ClFN5S/c1-20-15-21(2)19-38(18-20)29-13-12-24(17-26(29)34)40-32(31(37-33(40)41)28-10-7-8-14-36-28)25-16-22(3)39(23(25)4)30-11-6-5-9-27(30)35/h5-14,16-17,20-21,31-32H,15,18-19H2,1-4H3,(H,37,41). The van der Waals surface area contributed by atoms with Crippen LogP contribution in [0.15, 0.2) is 72.9 Å². The molecular formula is C33H35ClFN5S. The maximum atomic E-state index is 15.0. The Morgan fingerprint density at radius 2 is 1.68 bits per heavy atom. The van der Waals surface area contributed by atoms with Gasteiger partial charge in [-0.15, -0.1) is 0 Å². The molecule has 0 spiro atoms. The summed E-state index contributed by atoms with van der Waals surface area (Å²) in [6.07, 6.45) is 3.04. The molecule has 0 aliphatic carbocycles. The van der Waals surface area contributed by atoms with E-state index < -0.39 is 0 Å². The Labute approximate surface area is 252 Å². The van der Waals surface area contributed by atoms with Crippen LogP contribution in [0.25, 0.3) is 5.69 Å². The Balaban J connectivity index is 1.45. The highest BCUT2D eigenvalue weighted by Crippen LogP contribution is 2.45. The smallest absolute Gasteiger partial charge is 0.174 e. The summed E-state index contributed by atoms with van der Waals surface area (Å²) in [5, 5.41) is 4.86. The monoisotopic (exact) mass is 587 g/mol. The quantitative estimate of drug-likeness (QED) is 0.240. The van der Waals surface area contributed by atoms with Crippen molar-refractivity contribution in [3.05, 3.63) is 106 Å². The van der Waals surface area contributed by atoms with Crippen molar-refractivity contribution < 1.29 is 4.39 Å². The minimum Gasteiger partial charge on any atom is -0.370 e. The number of hydrogen-bond donors (Lipinski definition) is 1. The van der Waals surface area contributed by atoms with Gasteiger partial charge in [0.15, 0.2) is 5.11 Å². The van der Waals surface area contributed by atoms with Gasteiger partial charge in [0.1, 0.15) is 5.82 Å². The van der Waals surface area contributed by atoms with E-state index in [9.17, 15) is 4.39 Å². The van der Waals surface area contributed by atoms with Gasteiger partial charge in [-0.25, -0.2) is 4.39 Å². The second-order valence-corrected chi connectivity index (χ2v) is 12.4. The molecule has 2 aromatic heterocycles. The van der Waals surface area contributed by atoms with Gasteiger partial charge in [0.2, 0.25) is 0 Å². The third-order valence-electron chi connectivity index (χ3n) is 8.40. The number of piperidine rings is 1. The van der Waals surface area contributed by atoms with Crippen molar-refractivity contribution in [3.8, 4) is 5.69 Å². The number of anilines is 2. The number of benzene rings is 2. The summed E-state index contributed by atoms with van der Waals surface area (Å²) in [6, 6.07) is 20.8. The Bertz CT molecular complexity index is 1580. The van der Waals surface area contributed by atoms with Crippen molar-refractivity contribution in [1.29, 1.82) is 0 Å². The van der Waals surface area contributed by atoms with Crippen molar-refractivity contribution in [1.82, 2.24) is 14.9 Å². The number of nitrogens with one attached hydrogen (secondary N) is 1. The average Bonchev–Trinajstić information content (AvgIpc) is 3.43. The zero-order valence-electron chi connectivity index (χ0n) is 23.8. The lowest BCUT2D eigenvalue weighted by atomic mass is 9.91. The van der Waals surface area contributed by atoms with Gasteiger partial charge in [0.25, 0.3) is 0 Å². The number of para-hydroxylation sites is 1. The van der Waals surface area contributed by atoms with Gasteiger partial charge in [-0.2, -0.15) is 0 Å². The molecule has 2 fully saturated rings. The predicted molar refractivity (Wildman–Crippen MR) is 170 cm³/mol. The number of thiocarbonyl (C=S) groups is 1. The Morgan fingerprint density at radius 3 is 2.37 bits per heavy atom.